The molecule has 0 fully saturated rings. The lowest BCUT2D eigenvalue weighted by molar-refractivity contribution is -0.130. The highest BCUT2D eigenvalue weighted by Gasteiger charge is 2.11. The number of rotatable bonds is 5. The van der Waals surface area contributed by atoms with E-state index in [1.807, 2.05) is 24.3 Å². The molecule has 0 bridgehead atoms. The first-order valence-corrected chi connectivity index (χ1v) is 5.54. The second kappa shape index (κ2) is 5.39. The maximum atomic E-state index is 11.8. The van der Waals surface area contributed by atoms with Crippen LogP contribution < -0.4 is 0 Å². The van der Waals surface area contributed by atoms with E-state index in [1.165, 1.54) is 0 Å². The first-order valence-electron chi connectivity index (χ1n) is 5.54. The van der Waals surface area contributed by atoms with E-state index < -0.39 is 0 Å². The zero-order valence-corrected chi connectivity index (χ0v) is 9.76. The third-order valence-corrected chi connectivity index (χ3v) is 2.56. The average molecular weight is 233 g/mol. The molecule has 1 amide bonds. The standard InChI is InChI=1S/C13H15NO3/c1-14(10-12-5-3-9-17-12)13(15)7-6-11-4-2-8-16-11/h2-5,8-9H,6-7,10H2,1H3. The van der Waals surface area contributed by atoms with Gasteiger partial charge in [-0.25, -0.2) is 0 Å². The van der Waals surface area contributed by atoms with E-state index in [1.54, 1.807) is 24.5 Å². The highest BCUT2D eigenvalue weighted by molar-refractivity contribution is 5.75. The smallest absolute Gasteiger partial charge is 0.223 e. The summed E-state index contributed by atoms with van der Waals surface area (Å²) in [5, 5.41) is 0. The van der Waals surface area contributed by atoms with Crippen molar-refractivity contribution in [2.24, 2.45) is 0 Å². The topological polar surface area (TPSA) is 46.6 Å². The van der Waals surface area contributed by atoms with Crippen LogP contribution in [0.2, 0.25) is 0 Å². The minimum absolute atomic E-state index is 0.0813. The summed E-state index contributed by atoms with van der Waals surface area (Å²) < 4.78 is 10.4. The van der Waals surface area contributed by atoms with E-state index in [-0.39, 0.29) is 5.91 Å². The second-order valence-corrected chi connectivity index (χ2v) is 3.91. The van der Waals surface area contributed by atoms with Crippen LogP contribution in [0.4, 0.5) is 0 Å². The second-order valence-electron chi connectivity index (χ2n) is 3.91. The highest BCUT2D eigenvalue weighted by Crippen LogP contribution is 2.08. The molecule has 2 rings (SSSR count). The van der Waals surface area contributed by atoms with Crippen molar-refractivity contribution in [1.29, 1.82) is 0 Å². The molecule has 2 aromatic rings. The Kier molecular flexibility index (Phi) is 3.65. The summed E-state index contributed by atoms with van der Waals surface area (Å²) in [6.07, 6.45) is 4.31. The van der Waals surface area contributed by atoms with Crippen LogP contribution in [0.15, 0.2) is 45.6 Å². The maximum Gasteiger partial charge on any atom is 0.223 e. The fourth-order valence-electron chi connectivity index (χ4n) is 1.60. The molecule has 0 unspecified atom stereocenters. The van der Waals surface area contributed by atoms with E-state index in [9.17, 15) is 4.79 Å². The summed E-state index contributed by atoms with van der Waals surface area (Å²) >= 11 is 0. The fourth-order valence-corrected chi connectivity index (χ4v) is 1.60. The summed E-state index contributed by atoms with van der Waals surface area (Å²) in [6.45, 7) is 0.504. The van der Waals surface area contributed by atoms with Crippen molar-refractivity contribution < 1.29 is 13.6 Å². The van der Waals surface area contributed by atoms with Crippen molar-refractivity contribution in [3.63, 3.8) is 0 Å². The zero-order valence-electron chi connectivity index (χ0n) is 9.76. The van der Waals surface area contributed by atoms with Gasteiger partial charge in [-0.15, -0.1) is 0 Å². The van der Waals surface area contributed by atoms with Crippen LogP contribution in [0.25, 0.3) is 0 Å². The predicted molar refractivity (Wildman–Crippen MR) is 62.2 cm³/mol. The monoisotopic (exact) mass is 233 g/mol. The lowest BCUT2D eigenvalue weighted by Gasteiger charge is -2.15. The van der Waals surface area contributed by atoms with Crippen LogP contribution in [-0.2, 0) is 17.8 Å². The van der Waals surface area contributed by atoms with Crippen molar-refractivity contribution in [3.05, 3.63) is 48.3 Å². The lowest BCUT2D eigenvalue weighted by atomic mass is 10.2. The van der Waals surface area contributed by atoms with Gasteiger partial charge in [-0.2, -0.15) is 0 Å². The van der Waals surface area contributed by atoms with E-state index in [2.05, 4.69) is 0 Å². The van der Waals surface area contributed by atoms with Crippen molar-refractivity contribution in [2.75, 3.05) is 7.05 Å². The Bertz CT molecular complexity index is 445. The van der Waals surface area contributed by atoms with Crippen LogP contribution in [0.5, 0.6) is 0 Å². The Morgan fingerprint density at radius 1 is 1.18 bits per heavy atom. The molecule has 0 aliphatic rings. The van der Waals surface area contributed by atoms with Gasteiger partial charge in [-0.1, -0.05) is 0 Å². The van der Waals surface area contributed by atoms with Crippen molar-refractivity contribution in [2.45, 2.75) is 19.4 Å². The molecule has 0 spiro atoms. The van der Waals surface area contributed by atoms with Crippen LogP contribution >= 0.6 is 0 Å². The quantitative estimate of drug-likeness (QED) is 0.797. The van der Waals surface area contributed by atoms with Gasteiger partial charge in [-0.05, 0) is 24.3 Å². The van der Waals surface area contributed by atoms with Gasteiger partial charge in [-0.3, -0.25) is 4.79 Å². The van der Waals surface area contributed by atoms with Gasteiger partial charge in [0.15, 0.2) is 0 Å². The number of hydrogen-bond donors (Lipinski definition) is 0. The van der Waals surface area contributed by atoms with Crippen molar-refractivity contribution in [3.8, 4) is 0 Å². The van der Waals surface area contributed by atoms with Gasteiger partial charge >= 0.3 is 0 Å². The maximum absolute atomic E-state index is 11.8. The van der Waals surface area contributed by atoms with Gasteiger partial charge in [0.05, 0.1) is 19.1 Å². The molecule has 0 aliphatic carbocycles. The van der Waals surface area contributed by atoms with Gasteiger partial charge in [0.25, 0.3) is 0 Å². The molecule has 0 saturated carbocycles. The molecule has 0 N–H and O–H groups in total. The Hall–Kier alpha value is -1.97. The summed E-state index contributed by atoms with van der Waals surface area (Å²) in [7, 11) is 1.77. The molecule has 90 valence electrons. The molecule has 0 aromatic carbocycles. The van der Waals surface area contributed by atoms with Gasteiger partial charge < -0.3 is 13.7 Å². The summed E-state index contributed by atoms with van der Waals surface area (Å²) in [5.74, 6) is 1.71. The molecule has 2 heterocycles. The SMILES string of the molecule is CN(Cc1ccco1)C(=O)CCc1ccco1. The zero-order chi connectivity index (χ0) is 12.1. The molecule has 17 heavy (non-hydrogen) atoms. The molecule has 0 saturated heterocycles. The Balaban J connectivity index is 1.79. The summed E-state index contributed by atoms with van der Waals surface area (Å²) in [6, 6.07) is 7.37. The first kappa shape index (κ1) is 11.5. The fraction of sp³-hybridized carbons (Fsp3) is 0.308. The minimum atomic E-state index is 0.0813. The van der Waals surface area contributed by atoms with Crippen LogP contribution in [0.3, 0.4) is 0 Å². The highest BCUT2D eigenvalue weighted by atomic mass is 16.3. The average Bonchev–Trinajstić information content (AvgIpc) is 2.98. The van der Waals surface area contributed by atoms with Gasteiger partial charge in [0.1, 0.15) is 11.5 Å². The van der Waals surface area contributed by atoms with Crippen LogP contribution in [-0.4, -0.2) is 17.9 Å². The number of furan rings is 2. The van der Waals surface area contributed by atoms with Gasteiger partial charge in [0, 0.05) is 19.9 Å². The predicted octanol–water partition coefficient (Wildman–Crippen LogP) is 2.46. The number of nitrogens with zero attached hydrogens (tertiary/aromatic N) is 1. The van der Waals surface area contributed by atoms with Gasteiger partial charge in [0.2, 0.25) is 5.91 Å². The van der Waals surface area contributed by atoms with Crippen LogP contribution in [0, 0.1) is 0 Å². The molecule has 0 atom stereocenters. The van der Waals surface area contributed by atoms with Crippen LogP contribution in [0.1, 0.15) is 17.9 Å². The summed E-state index contributed by atoms with van der Waals surface area (Å²) in [5.41, 5.74) is 0. The third kappa shape index (κ3) is 3.24. The van der Waals surface area contributed by atoms with E-state index in [0.29, 0.717) is 19.4 Å². The Morgan fingerprint density at radius 3 is 2.41 bits per heavy atom. The van der Waals surface area contributed by atoms with E-state index in [0.717, 1.165) is 11.5 Å². The Morgan fingerprint density at radius 2 is 1.82 bits per heavy atom. The number of hydrogen-bond acceptors (Lipinski definition) is 3. The molecule has 0 radical (unpaired) electrons. The van der Waals surface area contributed by atoms with Crippen molar-refractivity contribution in [1.82, 2.24) is 4.90 Å². The number of carbonyl (C=O) groups is 1. The molecule has 4 nitrogen and oxygen atoms in total. The molecule has 4 heteroatoms. The number of carbonyl (C=O) groups excluding carboxylic acids is 1. The number of amides is 1. The summed E-state index contributed by atoms with van der Waals surface area (Å²) in [4.78, 5) is 13.5. The first-order chi connectivity index (χ1) is 8.25. The van der Waals surface area contributed by atoms with E-state index in [4.69, 9.17) is 8.83 Å². The number of aryl methyl sites for hydroxylation is 1. The van der Waals surface area contributed by atoms with Crippen molar-refractivity contribution >= 4 is 5.91 Å². The molecule has 2 aromatic heterocycles. The minimum Gasteiger partial charge on any atom is -0.469 e. The normalized spacial score (nSPS) is 10.4. The molecular formula is C13H15NO3. The third-order valence-electron chi connectivity index (χ3n) is 2.56. The largest absolute Gasteiger partial charge is 0.469 e. The molecule has 0 aliphatic heterocycles. The Labute approximate surface area is 99.8 Å². The lowest BCUT2D eigenvalue weighted by Crippen LogP contribution is -2.26. The van der Waals surface area contributed by atoms with E-state index >= 15 is 0 Å². The molecular weight excluding hydrogens is 218 g/mol.